The van der Waals surface area contributed by atoms with Crippen molar-refractivity contribution in [3.63, 3.8) is 0 Å². The molecule has 1 saturated heterocycles. The second-order valence-electron chi connectivity index (χ2n) is 7.46. The Morgan fingerprint density at radius 2 is 1.80 bits per heavy atom. The highest BCUT2D eigenvalue weighted by Gasteiger charge is 2.28. The third-order valence-corrected chi connectivity index (χ3v) is 5.65. The minimum Gasteiger partial charge on any atom is -0.481 e. The lowest BCUT2D eigenvalue weighted by molar-refractivity contribution is -0.143. The molecule has 0 saturated carbocycles. The number of carbonyl (C=O) groups is 2. The fourth-order valence-electron chi connectivity index (χ4n) is 3.78. The predicted molar refractivity (Wildman–Crippen MR) is 117 cm³/mol. The van der Waals surface area contributed by atoms with E-state index in [9.17, 15) is 9.59 Å². The van der Waals surface area contributed by atoms with E-state index in [2.05, 4.69) is 4.98 Å². The van der Waals surface area contributed by atoms with Gasteiger partial charge in [0.1, 0.15) is 5.75 Å². The molecule has 1 unspecified atom stereocenters. The van der Waals surface area contributed by atoms with Crippen LogP contribution in [-0.2, 0) is 16.0 Å². The first-order valence-corrected chi connectivity index (χ1v) is 10.4. The smallest absolute Gasteiger partial charge is 0.263 e. The van der Waals surface area contributed by atoms with Gasteiger partial charge in [-0.05, 0) is 36.8 Å². The number of nitrogens with zero attached hydrogens (tertiary/aromatic N) is 2. The number of carbonyl (C=O) groups excluding carboxylic acids is 2. The van der Waals surface area contributed by atoms with Gasteiger partial charge in [-0.2, -0.15) is 0 Å². The summed E-state index contributed by atoms with van der Waals surface area (Å²) < 4.78 is 5.74. The van der Waals surface area contributed by atoms with Gasteiger partial charge in [0.15, 0.2) is 6.10 Å². The predicted octanol–water partition coefficient (Wildman–Crippen LogP) is 3.50. The molecule has 0 spiro atoms. The molecule has 2 amide bonds. The number of H-pyrrole nitrogens is 1. The Morgan fingerprint density at radius 3 is 2.57 bits per heavy atom. The lowest BCUT2D eigenvalue weighted by Gasteiger charge is -2.36. The first-order valence-electron chi connectivity index (χ1n) is 10.0. The minimum absolute atomic E-state index is 0.0788. The molecular formula is C23H24ClN3O3. The second-order valence-corrected chi connectivity index (χ2v) is 7.90. The number of aromatic amines is 1. The molecule has 2 aromatic carbocycles. The third-order valence-electron chi connectivity index (χ3n) is 5.42. The zero-order valence-corrected chi connectivity index (χ0v) is 17.6. The van der Waals surface area contributed by atoms with Gasteiger partial charge < -0.3 is 19.5 Å². The summed E-state index contributed by atoms with van der Waals surface area (Å²) in [5, 5.41) is 1.64. The average Bonchev–Trinajstić information content (AvgIpc) is 3.16. The maximum Gasteiger partial charge on any atom is 0.263 e. The first-order chi connectivity index (χ1) is 14.5. The Balaban J connectivity index is 1.30. The van der Waals surface area contributed by atoms with Crippen molar-refractivity contribution in [2.24, 2.45) is 0 Å². The molecule has 3 aromatic rings. The number of rotatable bonds is 5. The van der Waals surface area contributed by atoms with Crippen molar-refractivity contribution < 1.29 is 14.3 Å². The number of ether oxygens (including phenoxy) is 1. The summed E-state index contributed by atoms with van der Waals surface area (Å²) in [5.74, 6) is 0.560. The van der Waals surface area contributed by atoms with E-state index in [-0.39, 0.29) is 11.8 Å². The summed E-state index contributed by atoms with van der Waals surface area (Å²) in [6.45, 7) is 3.79. The maximum atomic E-state index is 12.8. The summed E-state index contributed by atoms with van der Waals surface area (Å²) >= 11 is 5.97. The van der Waals surface area contributed by atoms with Gasteiger partial charge in [0.2, 0.25) is 5.91 Å². The molecule has 1 fully saturated rings. The molecule has 0 aliphatic carbocycles. The summed E-state index contributed by atoms with van der Waals surface area (Å²) in [4.78, 5) is 32.3. The molecule has 7 heteroatoms. The molecule has 1 aliphatic heterocycles. The van der Waals surface area contributed by atoms with Gasteiger partial charge >= 0.3 is 0 Å². The second kappa shape index (κ2) is 8.79. The lowest BCUT2D eigenvalue weighted by Crippen LogP contribution is -2.53. The van der Waals surface area contributed by atoms with Crippen LogP contribution in [-0.4, -0.2) is 58.9 Å². The molecular weight excluding hydrogens is 402 g/mol. The fraction of sp³-hybridized carbons (Fsp3) is 0.304. The molecule has 156 valence electrons. The number of fused-ring (bicyclic) bond motifs is 1. The van der Waals surface area contributed by atoms with Crippen molar-refractivity contribution in [3.05, 3.63) is 65.3 Å². The summed E-state index contributed by atoms with van der Waals surface area (Å²) in [5.41, 5.74) is 2.03. The third kappa shape index (κ3) is 4.44. The molecule has 1 N–H and O–H groups in total. The van der Waals surface area contributed by atoms with Crippen LogP contribution in [0.25, 0.3) is 10.9 Å². The highest BCUT2D eigenvalue weighted by molar-refractivity contribution is 6.30. The van der Waals surface area contributed by atoms with Crippen LogP contribution < -0.4 is 4.74 Å². The van der Waals surface area contributed by atoms with Crippen molar-refractivity contribution in [1.82, 2.24) is 14.8 Å². The van der Waals surface area contributed by atoms with Crippen LogP contribution in [0.1, 0.15) is 12.5 Å². The van der Waals surface area contributed by atoms with E-state index in [1.165, 1.54) is 0 Å². The topological polar surface area (TPSA) is 65.6 Å². The Kier molecular flexibility index (Phi) is 5.95. The normalized spacial score (nSPS) is 15.3. The van der Waals surface area contributed by atoms with E-state index in [0.29, 0.717) is 43.4 Å². The molecule has 1 aliphatic rings. The van der Waals surface area contributed by atoms with Gasteiger partial charge in [0, 0.05) is 48.3 Å². The van der Waals surface area contributed by atoms with Gasteiger partial charge in [-0.15, -0.1) is 0 Å². The largest absolute Gasteiger partial charge is 0.481 e. The molecule has 1 aromatic heterocycles. The maximum absolute atomic E-state index is 12.8. The molecule has 1 atom stereocenters. The number of amides is 2. The number of aromatic nitrogens is 1. The van der Waals surface area contributed by atoms with E-state index in [1.807, 2.05) is 35.4 Å². The van der Waals surface area contributed by atoms with Crippen LogP contribution in [0.5, 0.6) is 5.75 Å². The van der Waals surface area contributed by atoms with Crippen molar-refractivity contribution in [1.29, 1.82) is 0 Å². The van der Waals surface area contributed by atoms with Gasteiger partial charge in [-0.1, -0.05) is 35.9 Å². The standard InChI is InChI=1S/C23H24ClN3O3/c1-16(30-19-6-4-5-18(24)14-19)23(29)27-11-9-26(10-12-27)22(28)13-17-15-25-21-8-3-2-7-20(17)21/h2-8,14-16,25H,9-13H2,1H3. The van der Waals surface area contributed by atoms with Crippen LogP contribution >= 0.6 is 11.6 Å². The van der Waals surface area contributed by atoms with Crippen LogP contribution in [0.4, 0.5) is 0 Å². The Bertz CT molecular complexity index is 1060. The van der Waals surface area contributed by atoms with Crippen molar-refractivity contribution in [2.75, 3.05) is 26.2 Å². The molecule has 2 heterocycles. The number of benzene rings is 2. The summed E-state index contributed by atoms with van der Waals surface area (Å²) in [6, 6.07) is 15.0. The highest BCUT2D eigenvalue weighted by atomic mass is 35.5. The van der Waals surface area contributed by atoms with Crippen LogP contribution in [0.15, 0.2) is 54.7 Å². The minimum atomic E-state index is -0.614. The quantitative estimate of drug-likeness (QED) is 0.680. The van der Waals surface area contributed by atoms with E-state index < -0.39 is 6.10 Å². The van der Waals surface area contributed by atoms with Crippen LogP contribution in [0, 0.1) is 0 Å². The fourth-order valence-corrected chi connectivity index (χ4v) is 3.96. The van der Waals surface area contributed by atoms with Crippen LogP contribution in [0.3, 0.4) is 0 Å². The van der Waals surface area contributed by atoms with E-state index in [0.717, 1.165) is 16.5 Å². The van der Waals surface area contributed by atoms with Gasteiger partial charge in [-0.3, -0.25) is 9.59 Å². The monoisotopic (exact) mass is 425 g/mol. The Labute approximate surface area is 180 Å². The molecule has 6 nitrogen and oxygen atoms in total. The SMILES string of the molecule is CC(Oc1cccc(Cl)c1)C(=O)N1CCN(C(=O)Cc2c[nH]c3ccccc23)CC1. The number of piperazine rings is 1. The molecule has 30 heavy (non-hydrogen) atoms. The van der Waals surface area contributed by atoms with Crippen LogP contribution in [0.2, 0.25) is 5.02 Å². The van der Waals surface area contributed by atoms with E-state index in [4.69, 9.17) is 16.3 Å². The molecule has 0 radical (unpaired) electrons. The van der Waals surface area contributed by atoms with Crippen molar-refractivity contribution >= 4 is 34.3 Å². The highest BCUT2D eigenvalue weighted by Crippen LogP contribution is 2.20. The Hall–Kier alpha value is -2.99. The zero-order chi connectivity index (χ0) is 21.1. The van der Waals surface area contributed by atoms with E-state index in [1.54, 1.807) is 36.1 Å². The zero-order valence-electron chi connectivity index (χ0n) is 16.8. The average molecular weight is 426 g/mol. The number of hydrogen-bond donors (Lipinski definition) is 1. The summed E-state index contributed by atoms with van der Waals surface area (Å²) in [7, 11) is 0. The Morgan fingerprint density at radius 1 is 1.07 bits per heavy atom. The number of nitrogens with one attached hydrogen (secondary N) is 1. The first kappa shape index (κ1) is 20.3. The van der Waals surface area contributed by atoms with Crippen molar-refractivity contribution in [2.45, 2.75) is 19.4 Å². The number of para-hydroxylation sites is 1. The van der Waals surface area contributed by atoms with Gasteiger partial charge in [0.05, 0.1) is 6.42 Å². The van der Waals surface area contributed by atoms with Gasteiger partial charge in [-0.25, -0.2) is 0 Å². The van der Waals surface area contributed by atoms with E-state index >= 15 is 0 Å². The number of hydrogen-bond acceptors (Lipinski definition) is 3. The molecule has 4 rings (SSSR count). The summed E-state index contributed by atoms with van der Waals surface area (Å²) in [6.07, 6.45) is 1.64. The lowest BCUT2D eigenvalue weighted by atomic mass is 10.1. The molecule has 0 bridgehead atoms. The van der Waals surface area contributed by atoms with Crippen molar-refractivity contribution in [3.8, 4) is 5.75 Å². The van der Waals surface area contributed by atoms with Gasteiger partial charge in [0.25, 0.3) is 5.91 Å². The number of halogens is 1.